The van der Waals surface area contributed by atoms with Gasteiger partial charge in [0.25, 0.3) is 11.5 Å². The van der Waals surface area contributed by atoms with Crippen molar-refractivity contribution in [3.8, 4) is 5.75 Å². The van der Waals surface area contributed by atoms with Crippen LogP contribution in [0.15, 0.2) is 41.3 Å². The number of aromatic nitrogens is 3. The van der Waals surface area contributed by atoms with Gasteiger partial charge in [0.2, 0.25) is 5.91 Å². The molecule has 1 aliphatic heterocycles. The van der Waals surface area contributed by atoms with Gasteiger partial charge in [-0.3, -0.25) is 14.4 Å². The van der Waals surface area contributed by atoms with E-state index in [2.05, 4.69) is 15.4 Å². The Kier molecular flexibility index (Phi) is 5.75. The highest BCUT2D eigenvalue weighted by atomic mass is 16.5. The number of fused-ring (bicyclic) bond motifs is 1. The largest absolute Gasteiger partial charge is 0.497 e. The summed E-state index contributed by atoms with van der Waals surface area (Å²) in [5.74, 6) is 0.469. The summed E-state index contributed by atoms with van der Waals surface area (Å²) in [5, 5.41) is 7.32. The van der Waals surface area contributed by atoms with Crippen molar-refractivity contribution in [3.05, 3.63) is 63.8 Å². The predicted octanol–water partition coefficient (Wildman–Crippen LogP) is 1.30. The third kappa shape index (κ3) is 4.60. The van der Waals surface area contributed by atoms with Gasteiger partial charge < -0.3 is 19.9 Å². The number of H-pyrrole nitrogens is 1. The summed E-state index contributed by atoms with van der Waals surface area (Å²) in [6.07, 6.45) is 3.30. The number of hydrogen-bond acceptors (Lipinski definition) is 5. The lowest BCUT2D eigenvalue weighted by atomic mass is 10.0. The summed E-state index contributed by atoms with van der Waals surface area (Å²) in [6.45, 7) is 2.80. The van der Waals surface area contributed by atoms with E-state index in [-0.39, 0.29) is 35.5 Å². The average molecular weight is 423 g/mol. The predicted molar refractivity (Wildman–Crippen MR) is 114 cm³/mol. The van der Waals surface area contributed by atoms with E-state index < -0.39 is 0 Å². The Balaban J connectivity index is 1.33. The molecule has 0 aliphatic carbocycles. The number of carbonyl (C=O) groups excluding carboxylic acids is 2. The molecule has 0 atom stereocenters. The average Bonchev–Trinajstić information content (AvgIpc) is 3.18. The summed E-state index contributed by atoms with van der Waals surface area (Å²) < 4.78 is 6.63. The molecular formula is C22H25N5O4. The number of rotatable bonds is 5. The zero-order valence-electron chi connectivity index (χ0n) is 17.6. The van der Waals surface area contributed by atoms with Gasteiger partial charge in [0, 0.05) is 37.1 Å². The molecule has 3 aromatic rings. The van der Waals surface area contributed by atoms with E-state index in [9.17, 15) is 14.4 Å². The van der Waals surface area contributed by atoms with Crippen molar-refractivity contribution < 1.29 is 14.3 Å². The normalized spacial score (nSPS) is 14.6. The summed E-state index contributed by atoms with van der Waals surface area (Å²) >= 11 is 0. The fourth-order valence-electron chi connectivity index (χ4n) is 3.86. The third-order valence-corrected chi connectivity index (χ3v) is 5.46. The Morgan fingerprint density at radius 2 is 2.03 bits per heavy atom. The van der Waals surface area contributed by atoms with Crippen molar-refractivity contribution in [2.75, 3.05) is 20.2 Å². The number of aromatic amines is 1. The molecule has 31 heavy (non-hydrogen) atoms. The van der Waals surface area contributed by atoms with Gasteiger partial charge >= 0.3 is 0 Å². The van der Waals surface area contributed by atoms with Crippen molar-refractivity contribution in [1.29, 1.82) is 0 Å². The second kappa shape index (κ2) is 8.63. The zero-order chi connectivity index (χ0) is 22.0. The highest BCUT2D eigenvalue weighted by Gasteiger charge is 2.26. The first kappa shape index (κ1) is 20.6. The molecular weight excluding hydrogens is 398 g/mol. The summed E-state index contributed by atoms with van der Waals surface area (Å²) in [6, 6.07) is 8.98. The summed E-state index contributed by atoms with van der Waals surface area (Å²) in [4.78, 5) is 41.7. The topological polar surface area (TPSA) is 109 Å². The highest BCUT2D eigenvalue weighted by molar-refractivity contribution is 5.93. The molecule has 3 heterocycles. The maximum absolute atomic E-state index is 12.8. The van der Waals surface area contributed by atoms with Crippen molar-refractivity contribution in [2.24, 2.45) is 0 Å². The number of likely N-dealkylation sites (tertiary alicyclic amines) is 1. The highest BCUT2D eigenvalue weighted by Crippen LogP contribution is 2.16. The number of nitrogens with zero attached hydrogens (tertiary/aromatic N) is 3. The Hall–Kier alpha value is -3.62. The summed E-state index contributed by atoms with van der Waals surface area (Å²) in [5.41, 5.74) is 1.88. The Morgan fingerprint density at radius 1 is 1.26 bits per heavy atom. The Morgan fingerprint density at radius 3 is 2.77 bits per heavy atom. The molecule has 2 N–H and O–H groups in total. The molecule has 0 bridgehead atoms. The molecule has 1 saturated heterocycles. The van der Waals surface area contributed by atoms with Gasteiger partial charge in [-0.2, -0.15) is 5.10 Å². The van der Waals surface area contributed by atoms with Gasteiger partial charge in [0.15, 0.2) is 5.69 Å². The fourth-order valence-corrected chi connectivity index (χ4v) is 3.86. The molecule has 0 spiro atoms. The molecule has 9 heteroatoms. The minimum absolute atomic E-state index is 0.0220. The first-order valence-corrected chi connectivity index (χ1v) is 10.2. The van der Waals surface area contributed by atoms with Gasteiger partial charge in [0.05, 0.1) is 13.5 Å². The third-order valence-electron chi connectivity index (χ3n) is 5.46. The smallest absolute Gasteiger partial charge is 0.274 e. The molecule has 2 amide bonds. The Labute approximate surface area is 179 Å². The van der Waals surface area contributed by atoms with Gasteiger partial charge in [-0.05, 0) is 37.5 Å². The number of methoxy groups -OCH3 is 1. The number of benzene rings is 1. The number of hydrogen-bond donors (Lipinski definition) is 2. The standard InChI is InChI=1S/C22H25N5O4/c1-14-13-27-19(21(29)23-14)12-18(25-27)22(30)26-8-6-16(7-9-26)24-20(28)11-15-4-3-5-17(10-15)31-2/h3-5,10,12-13,16H,6-9,11H2,1-2H3,(H,23,29)(H,24,28). The Bertz CT molecular complexity index is 1170. The number of ether oxygens (including phenoxy) is 1. The number of amides is 2. The van der Waals surface area contributed by atoms with Crippen LogP contribution in [0.3, 0.4) is 0 Å². The molecule has 4 rings (SSSR count). The lowest BCUT2D eigenvalue weighted by Crippen LogP contribution is -2.47. The zero-order valence-corrected chi connectivity index (χ0v) is 17.6. The second-order valence-corrected chi connectivity index (χ2v) is 7.79. The quantitative estimate of drug-likeness (QED) is 0.643. The van der Waals surface area contributed by atoms with Gasteiger partial charge in [-0.15, -0.1) is 0 Å². The van der Waals surface area contributed by atoms with Crippen LogP contribution in [0.2, 0.25) is 0 Å². The molecule has 1 aromatic carbocycles. The SMILES string of the molecule is COc1cccc(CC(=O)NC2CCN(C(=O)c3cc4c(=O)[nH]c(C)cn4n3)CC2)c1. The molecule has 0 saturated carbocycles. The second-order valence-electron chi connectivity index (χ2n) is 7.79. The van der Waals surface area contributed by atoms with Crippen LogP contribution in [-0.2, 0) is 11.2 Å². The van der Waals surface area contributed by atoms with Crippen LogP contribution in [0.25, 0.3) is 5.52 Å². The van der Waals surface area contributed by atoms with Crippen LogP contribution < -0.4 is 15.6 Å². The van der Waals surface area contributed by atoms with Crippen molar-refractivity contribution in [3.63, 3.8) is 0 Å². The van der Waals surface area contributed by atoms with Crippen molar-refractivity contribution >= 4 is 17.3 Å². The lowest BCUT2D eigenvalue weighted by Gasteiger charge is -2.32. The van der Waals surface area contributed by atoms with Crippen LogP contribution in [0, 0.1) is 6.92 Å². The van der Waals surface area contributed by atoms with E-state index in [1.807, 2.05) is 24.3 Å². The number of carbonyl (C=O) groups is 2. The lowest BCUT2D eigenvalue weighted by molar-refractivity contribution is -0.121. The number of aryl methyl sites for hydroxylation is 1. The molecule has 9 nitrogen and oxygen atoms in total. The molecule has 2 aromatic heterocycles. The van der Waals surface area contributed by atoms with Crippen LogP contribution in [-0.4, -0.2) is 57.6 Å². The molecule has 0 radical (unpaired) electrons. The minimum Gasteiger partial charge on any atom is -0.497 e. The van der Waals surface area contributed by atoms with Gasteiger partial charge in [-0.1, -0.05) is 12.1 Å². The number of piperidine rings is 1. The maximum Gasteiger partial charge on any atom is 0.274 e. The number of nitrogens with one attached hydrogen (secondary N) is 2. The van der Waals surface area contributed by atoms with Crippen LogP contribution in [0.4, 0.5) is 0 Å². The van der Waals surface area contributed by atoms with Crippen LogP contribution >= 0.6 is 0 Å². The van der Waals surface area contributed by atoms with E-state index in [4.69, 9.17) is 4.74 Å². The first-order valence-electron chi connectivity index (χ1n) is 10.2. The van der Waals surface area contributed by atoms with Crippen LogP contribution in [0.5, 0.6) is 5.75 Å². The van der Waals surface area contributed by atoms with E-state index in [0.29, 0.717) is 37.1 Å². The first-order chi connectivity index (χ1) is 14.9. The van der Waals surface area contributed by atoms with E-state index in [1.165, 1.54) is 10.6 Å². The van der Waals surface area contributed by atoms with Gasteiger partial charge in [0.1, 0.15) is 11.3 Å². The van der Waals surface area contributed by atoms with Crippen molar-refractivity contribution in [1.82, 2.24) is 24.8 Å². The molecule has 0 unspecified atom stereocenters. The van der Waals surface area contributed by atoms with E-state index in [1.54, 1.807) is 25.1 Å². The minimum atomic E-state index is -0.274. The summed E-state index contributed by atoms with van der Waals surface area (Å²) in [7, 11) is 1.60. The fraction of sp³-hybridized carbons (Fsp3) is 0.364. The molecule has 1 fully saturated rings. The van der Waals surface area contributed by atoms with E-state index in [0.717, 1.165) is 11.3 Å². The van der Waals surface area contributed by atoms with Gasteiger partial charge in [-0.25, -0.2) is 4.52 Å². The van der Waals surface area contributed by atoms with Crippen molar-refractivity contribution in [2.45, 2.75) is 32.2 Å². The molecule has 162 valence electrons. The van der Waals surface area contributed by atoms with E-state index >= 15 is 0 Å². The monoisotopic (exact) mass is 423 g/mol. The maximum atomic E-state index is 12.8. The van der Waals surface area contributed by atoms with Crippen LogP contribution in [0.1, 0.15) is 34.6 Å². The molecule has 1 aliphatic rings.